The first-order chi connectivity index (χ1) is 18.5. The molecule has 3 aromatic rings. The van der Waals surface area contributed by atoms with Crippen LogP contribution in [-0.4, -0.2) is 60.5 Å². The number of aryl methyl sites for hydroxylation is 1. The standard InChI is InChI=1S/C24H28F3N7O3S2/c1-16-12-21(24(25,26)27)31-34(16)11-8-32-6-9-33(10-7-32)23-30-19(15-38-23)22-28-13-17-4-3-5-20(18(17)14-29-22)37-39(2,35)36/h3-5,8,11-12,15,22,28-29H,6-7,9-10,13-14H2,1-2H3. The summed E-state index contributed by atoms with van der Waals surface area (Å²) < 4.78 is 68.4. The molecule has 2 N–H and O–H groups in total. The quantitative estimate of drug-likeness (QED) is 0.424. The van der Waals surface area contributed by atoms with E-state index in [-0.39, 0.29) is 6.17 Å². The molecule has 5 rings (SSSR count). The monoisotopic (exact) mass is 583 g/mol. The topological polar surface area (TPSA) is 105 Å². The van der Waals surface area contributed by atoms with Crippen molar-refractivity contribution in [1.29, 1.82) is 0 Å². The molecule has 210 valence electrons. The third-order valence-electron chi connectivity index (χ3n) is 6.47. The minimum absolute atomic E-state index is 0.225. The van der Waals surface area contributed by atoms with Gasteiger partial charge in [0.1, 0.15) is 11.9 Å². The molecule has 15 heteroatoms. The van der Waals surface area contributed by atoms with Gasteiger partial charge < -0.3 is 14.0 Å². The Kier molecular flexibility index (Phi) is 7.59. The zero-order chi connectivity index (χ0) is 27.8. The van der Waals surface area contributed by atoms with Crippen molar-refractivity contribution < 1.29 is 25.8 Å². The highest BCUT2D eigenvalue weighted by molar-refractivity contribution is 7.86. The minimum atomic E-state index is -4.47. The van der Waals surface area contributed by atoms with E-state index in [9.17, 15) is 21.6 Å². The molecule has 0 spiro atoms. The summed E-state index contributed by atoms with van der Waals surface area (Å²) in [5.41, 5.74) is 2.09. The van der Waals surface area contributed by atoms with Gasteiger partial charge in [-0.2, -0.15) is 26.7 Å². The molecule has 2 aromatic heterocycles. The average Bonchev–Trinajstić information content (AvgIpc) is 3.44. The molecule has 1 aromatic carbocycles. The molecule has 10 nitrogen and oxygen atoms in total. The van der Waals surface area contributed by atoms with Crippen molar-refractivity contribution in [3.63, 3.8) is 0 Å². The van der Waals surface area contributed by atoms with E-state index in [0.717, 1.165) is 34.3 Å². The van der Waals surface area contributed by atoms with Gasteiger partial charge in [-0.05, 0) is 24.6 Å². The molecule has 0 bridgehead atoms. The highest BCUT2D eigenvalue weighted by Gasteiger charge is 2.34. The van der Waals surface area contributed by atoms with E-state index in [1.165, 1.54) is 4.68 Å². The molecule has 2 aliphatic rings. The van der Waals surface area contributed by atoms with Gasteiger partial charge in [-0.3, -0.25) is 10.6 Å². The molecular weight excluding hydrogens is 555 g/mol. The predicted octanol–water partition coefficient (Wildman–Crippen LogP) is 3.15. The van der Waals surface area contributed by atoms with Gasteiger partial charge in [0, 0.05) is 68.3 Å². The first kappa shape index (κ1) is 27.4. The Bertz CT molecular complexity index is 1460. The lowest BCUT2D eigenvalue weighted by molar-refractivity contribution is -0.141. The first-order valence-corrected chi connectivity index (χ1v) is 14.9. The van der Waals surface area contributed by atoms with Gasteiger partial charge >= 0.3 is 16.3 Å². The molecule has 1 fully saturated rings. The SMILES string of the molecule is Cc1cc(C(F)(F)F)nn1C=CN1CCN(c2nc(C3NCc4cccc(OS(C)(=O)=O)c4CN3)cs2)CC1. The molecule has 0 amide bonds. The third-order valence-corrected chi connectivity index (χ3v) is 7.87. The lowest BCUT2D eigenvalue weighted by Crippen LogP contribution is -2.44. The highest BCUT2D eigenvalue weighted by Crippen LogP contribution is 2.30. The van der Waals surface area contributed by atoms with E-state index >= 15 is 0 Å². The molecule has 0 radical (unpaired) electrons. The van der Waals surface area contributed by atoms with Crippen LogP contribution in [0.5, 0.6) is 5.75 Å². The second kappa shape index (κ2) is 10.8. The number of fused-ring (bicyclic) bond motifs is 1. The number of hydrogen-bond acceptors (Lipinski definition) is 10. The Morgan fingerprint density at radius 1 is 1.13 bits per heavy atom. The van der Waals surface area contributed by atoms with E-state index in [2.05, 4.69) is 20.6 Å². The fourth-order valence-corrected chi connectivity index (χ4v) is 5.85. The van der Waals surface area contributed by atoms with Crippen LogP contribution in [0.1, 0.15) is 34.4 Å². The van der Waals surface area contributed by atoms with Gasteiger partial charge in [0.05, 0.1) is 11.9 Å². The number of halogens is 3. The zero-order valence-corrected chi connectivity index (χ0v) is 22.9. The van der Waals surface area contributed by atoms with Crippen molar-refractivity contribution in [3.05, 3.63) is 64.1 Å². The molecule has 1 atom stereocenters. The summed E-state index contributed by atoms with van der Waals surface area (Å²) in [4.78, 5) is 9.06. The largest absolute Gasteiger partial charge is 0.435 e. The summed E-state index contributed by atoms with van der Waals surface area (Å²) in [6.07, 6.45) is -0.350. The second-order valence-electron chi connectivity index (χ2n) is 9.37. The summed E-state index contributed by atoms with van der Waals surface area (Å²) in [5, 5.41) is 13.3. The van der Waals surface area contributed by atoms with Crippen LogP contribution in [0.25, 0.3) is 6.20 Å². The fraction of sp³-hybridized carbons (Fsp3) is 0.417. The number of aromatic nitrogens is 3. The maximum atomic E-state index is 12.9. The van der Waals surface area contributed by atoms with Crippen molar-refractivity contribution in [2.24, 2.45) is 0 Å². The minimum Gasteiger partial charge on any atom is -0.382 e. The number of thiazole rings is 1. The van der Waals surface area contributed by atoms with Crippen molar-refractivity contribution in [2.75, 3.05) is 37.3 Å². The van der Waals surface area contributed by atoms with E-state index < -0.39 is 22.0 Å². The van der Waals surface area contributed by atoms with Gasteiger partial charge in [0.2, 0.25) is 0 Å². The maximum Gasteiger partial charge on any atom is 0.435 e. The fourth-order valence-electron chi connectivity index (χ4n) is 4.47. The normalized spacial score (nSPS) is 18.8. The van der Waals surface area contributed by atoms with E-state index in [0.29, 0.717) is 50.7 Å². The number of nitrogens with one attached hydrogen (secondary N) is 2. The molecule has 4 heterocycles. The van der Waals surface area contributed by atoms with Gasteiger partial charge in [0.15, 0.2) is 10.8 Å². The Labute approximate surface area is 228 Å². The van der Waals surface area contributed by atoms with E-state index in [4.69, 9.17) is 9.17 Å². The predicted molar refractivity (Wildman–Crippen MR) is 142 cm³/mol. The summed E-state index contributed by atoms with van der Waals surface area (Å²) in [5.74, 6) is 0.319. The number of alkyl halides is 3. The van der Waals surface area contributed by atoms with Crippen LogP contribution in [0.2, 0.25) is 0 Å². The van der Waals surface area contributed by atoms with E-state index in [1.54, 1.807) is 42.8 Å². The van der Waals surface area contributed by atoms with Crippen LogP contribution in [0.4, 0.5) is 18.3 Å². The van der Waals surface area contributed by atoms with Gasteiger partial charge in [0.25, 0.3) is 0 Å². The first-order valence-electron chi connectivity index (χ1n) is 12.2. The Morgan fingerprint density at radius 3 is 2.56 bits per heavy atom. The summed E-state index contributed by atoms with van der Waals surface area (Å²) >= 11 is 1.54. The Morgan fingerprint density at radius 2 is 1.87 bits per heavy atom. The number of nitrogens with zero attached hydrogens (tertiary/aromatic N) is 5. The van der Waals surface area contributed by atoms with Gasteiger partial charge in [-0.25, -0.2) is 9.67 Å². The van der Waals surface area contributed by atoms with Gasteiger partial charge in [-0.1, -0.05) is 12.1 Å². The molecule has 1 saturated heterocycles. The van der Waals surface area contributed by atoms with Gasteiger partial charge in [-0.15, -0.1) is 11.3 Å². The smallest absolute Gasteiger partial charge is 0.382 e. The lowest BCUT2D eigenvalue weighted by atomic mass is 10.1. The summed E-state index contributed by atoms with van der Waals surface area (Å²) in [6, 6.07) is 6.38. The van der Waals surface area contributed by atoms with Crippen molar-refractivity contribution in [3.8, 4) is 5.75 Å². The molecule has 2 aliphatic heterocycles. The van der Waals surface area contributed by atoms with Crippen molar-refractivity contribution >= 4 is 32.8 Å². The third kappa shape index (κ3) is 6.54. The molecule has 0 aliphatic carbocycles. The molecule has 0 saturated carbocycles. The number of hydrogen-bond donors (Lipinski definition) is 2. The number of rotatable bonds is 6. The molecule has 39 heavy (non-hydrogen) atoms. The van der Waals surface area contributed by atoms with Crippen molar-refractivity contribution in [2.45, 2.75) is 32.4 Å². The van der Waals surface area contributed by atoms with Crippen molar-refractivity contribution in [1.82, 2.24) is 30.3 Å². The van der Waals surface area contributed by atoms with E-state index in [1.807, 2.05) is 16.3 Å². The highest BCUT2D eigenvalue weighted by atomic mass is 32.2. The Balaban J connectivity index is 1.18. The van der Waals surface area contributed by atoms with Crippen LogP contribution >= 0.6 is 11.3 Å². The van der Waals surface area contributed by atoms with Crippen LogP contribution in [-0.2, 0) is 29.4 Å². The molecule has 1 unspecified atom stereocenters. The number of anilines is 1. The Hall–Kier alpha value is -3.14. The molecular formula is C24H28F3N7O3S2. The number of benzene rings is 1. The van der Waals surface area contributed by atoms with Crippen LogP contribution in [0.3, 0.4) is 0 Å². The summed E-state index contributed by atoms with van der Waals surface area (Å²) in [6.45, 7) is 5.33. The van der Waals surface area contributed by atoms with Crippen LogP contribution < -0.4 is 19.7 Å². The maximum absolute atomic E-state index is 12.9. The number of piperazine rings is 1. The second-order valence-corrected chi connectivity index (χ2v) is 11.8. The zero-order valence-electron chi connectivity index (χ0n) is 21.3. The van der Waals surface area contributed by atoms with Crippen LogP contribution in [0, 0.1) is 6.92 Å². The lowest BCUT2D eigenvalue weighted by Gasteiger charge is -2.33. The summed E-state index contributed by atoms with van der Waals surface area (Å²) in [7, 11) is -3.64. The average molecular weight is 584 g/mol. The van der Waals surface area contributed by atoms with Crippen LogP contribution in [0.15, 0.2) is 35.8 Å².